The fourth-order valence-electron chi connectivity index (χ4n) is 2.95. The minimum absolute atomic E-state index is 0.347. The van der Waals surface area contributed by atoms with Crippen molar-refractivity contribution in [2.45, 2.75) is 39.7 Å². The summed E-state index contributed by atoms with van der Waals surface area (Å²) in [6.07, 6.45) is 4.33. The molecule has 0 spiro atoms. The van der Waals surface area contributed by atoms with E-state index in [-0.39, 0.29) is 0 Å². The van der Waals surface area contributed by atoms with Crippen molar-refractivity contribution in [1.29, 1.82) is 0 Å². The van der Waals surface area contributed by atoms with Crippen LogP contribution in [0.2, 0.25) is 0 Å². The van der Waals surface area contributed by atoms with E-state index in [0.717, 1.165) is 30.5 Å². The van der Waals surface area contributed by atoms with Gasteiger partial charge in [-0.3, -0.25) is 0 Å². The number of rotatable bonds is 5. The van der Waals surface area contributed by atoms with Crippen LogP contribution in [0.5, 0.6) is 0 Å². The van der Waals surface area contributed by atoms with Gasteiger partial charge in [-0.1, -0.05) is 6.92 Å². The van der Waals surface area contributed by atoms with Crippen LogP contribution in [0.25, 0.3) is 0 Å². The molecule has 5 nitrogen and oxygen atoms in total. The smallest absolute Gasteiger partial charge is 0.229 e. The number of hydrogen-bond acceptors (Lipinski definition) is 5. The molecule has 2 N–H and O–H groups in total. The third-order valence-electron chi connectivity index (χ3n) is 4.36. The summed E-state index contributed by atoms with van der Waals surface area (Å²) in [5, 5.41) is 6.56. The molecule has 1 aliphatic rings. The molecule has 2 heterocycles. The van der Waals surface area contributed by atoms with Gasteiger partial charge in [-0.15, -0.1) is 0 Å². The Balaban J connectivity index is 1.64. The van der Waals surface area contributed by atoms with Crippen LogP contribution in [0.3, 0.4) is 0 Å². The van der Waals surface area contributed by atoms with E-state index in [1.54, 1.807) is 6.20 Å². The van der Waals surface area contributed by atoms with Crippen molar-refractivity contribution in [3.05, 3.63) is 36.5 Å². The molecular weight excluding hydrogens is 298 g/mol. The third-order valence-corrected chi connectivity index (χ3v) is 4.36. The van der Waals surface area contributed by atoms with E-state index in [1.165, 1.54) is 18.5 Å². The second kappa shape index (κ2) is 7.51. The van der Waals surface area contributed by atoms with Crippen LogP contribution >= 0.6 is 0 Å². The number of benzene rings is 1. The number of aromatic nitrogens is 2. The second-order valence-electron chi connectivity index (χ2n) is 6.91. The monoisotopic (exact) mass is 325 g/mol. The summed E-state index contributed by atoms with van der Waals surface area (Å²) in [4.78, 5) is 11.2. The molecular formula is C19H27N5. The largest absolute Gasteiger partial charge is 0.372 e. The Morgan fingerprint density at radius 1 is 1.08 bits per heavy atom. The van der Waals surface area contributed by atoms with E-state index < -0.39 is 0 Å². The van der Waals surface area contributed by atoms with Crippen molar-refractivity contribution >= 4 is 23.1 Å². The lowest BCUT2D eigenvalue weighted by molar-refractivity contribution is 0.438. The maximum absolute atomic E-state index is 4.49. The summed E-state index contributed by atoms with van der Waals surface area (Å²) in [6.45, 7) is 8.83. The molecule has 0 unspecified atom stereocenters. The van der Waals surface area contributed by atoms with Gasteiger partial charge in [0.25, 0.3) is 0 Å². The van der Waals surface area contributed by atoms with Crippen molar-refractivity contribution in [3.8, 4) is 0 Å². The first-order chi connectivity index (χ1) is 11.6. The van der Waals surface area contributed by atoms with E-state index >= 15 is 0 Å². The Kier molecular flexibility index (Phi) is 5.18. The number of nitrogens with one attached hydrogen (secondary N) is 2. The van der Waals surface area contributed by atoms with Crippen molar-refractivity contribution < 1.29 is 0 Å². The highest BCUT2D eigenvalue weighted by Gasteiger charge is 2.15. The first-order valence-electron chi connectivity index (χ1n) is 8.82. The fraction of sp³-hybridized carbons (Fsp3) is 0.474. The standard InChI is InChI=1S/C19H27N5/c1-14(2)21-18-8-11-20-19(23-18)22-16-4-6-17(7-5-16)24-12-9-15(3)10-13-24/h4-8,11,14-15H,9-10,12-13H2,1-3H3,(H2,20,21,22,23). The quantitative estimate of drug-likeness (QED) is 0.859. The summed E-state index contributed by atoms with van der Waals surface area (Å²) in [7, 11) is 0. The maximum Gasteiger partial charge on any atom is 0.229 e. The second-order valence-corrected chi connectivity index (χ2v) is 6.91. The Labute approximate surface area is 144 Å². The molecule has 1 saturated heterocycles. The van der Waals surface area contributed by atoms with Gasteiger partial charge in [0.1, 0.15) is 5.82 Å². The van der Waals surface area contributed by atoms with Crippen LogP contribution in [0.15, 0.2) is 36.5 Å². The SMILES string of the molecule is CC1CCN(c2ccc(Nc3nccc(NC(C)C)n3)cc2)CC1. The molecule has 1 aromatic carbocycles. The summed E-state index contributed by atoms with van der Waals surface area (Å²) in [6, 6.07) is 10.8. The van der Waals surface area contributed by atoms with E-state index in [1.807, 2.05) is 6.07 Å². The van der Waals surface area contributed by atoms with Gasteiger partial charge in [0.05, 0.1) is 0 Å². The minimum atomic E-state index is 0.347. The van der Waals surface area contributed by atoms with Crippen molar-refractivity contribution in [1.82, 2.24) is 9.97 Å². The average Bonchev–Trinajstić information content (AvgIpc) is 2.56. The molecule has 1 aliphatic heterocycles. The first kappa shape index (κ1) is 16.6. The van der Waals surface area contributed by atoms with Gasteiger partial charge in [-0.25, -0.2) is 4.98 Å². The molecule has 1 aromatic heterocycles. The summed E-state index contributed by atoms with van der Waals surface area (Å²) in [5.74, 6) is 2.30. The lowest BCUT2D eigenvalue weighted by Crippen LogP contribution is -2.32. The van der Waals surface area contributed by atoms with Crippen LogP contribution < -0.4 is 15.5 Å². The van der Waals surface area contributed by atoms with E-state index in [4.69, 9.17) is 0 Å². The van der Waals surface area contributed by atoms with Crippen LogP contribution in [-0.2, 0) is 0 Å². The minimum Gasteiger partial charge on any atom is -0.372 e. The predicted octanol–water partition coefficient (Wildman–Crippen LogP) is 4.28. The Hall–Kier alpha value is -2.30. The van der Waals surface area contributed by atoms with Crippen molar-refractivity contribution in [2.75, 3.05) is 28.6 Å². The summed E-state index contributed by atoms with van der Waals surface area (Å²) < 4.78 is 0. The highest BCUT2D eigenvalue weighted by atomic mass is 15.1. The molecule has 128 valence electrons. The summed E-state index contributed by atoms with van der Waals surface area (Å²) >= 11 is 0. The number of hydrogen-bond donors (Lipinski definition) is 2. The fourth-order valence-corrected chi connectivity index (χ4v) is 2.95. The zero-order valence-corrected chi connectivity index (χ0v) is 14.8. The van der Waals surface area contributed by atoms with Gasteiger partial charge in [0, 0.05) is 36.7 Å². The van der Waals surface area contributed by atoms with Gasteiger partial charge < -0.3 is 15.5 Å². The van der Waals surface area contributed by atoms with E-state index in [0.29, 0.717) is 12.0 Å². The van der Waals surface area contributed by atoms with Crippen molar-refractivity contribution in [2.24, 2.45) is 5.92 Å². The van der Waals surface area contributed by atoms with Gasteiger partial charge in [0.15, 0.2) is 0 Å². The van der Waals surface area contributed by atoms with Gasteiger partial charge in [0.2, 0.25) is 5.95 Å². The Morgan fingerprint density at radius 2 is 1.79 bits per heavy atom. The molecule has 2 aromatic rings. The number of piperidine rings is 1. The predicted molar refractivity (Wildman–Crippen MR) is 101 cm³/mol. The molecule has 0 atom stereocenters. The first-order valence-corrected chi connectivity index (χ1v) is 8.82. The molecule has 0 radical (unpaired) electrons. The zero-order chi connectivity index (χ0) is 16.9. The van der Waals surface area contributed by atoms with Crippen LogP contribution in [0, 0.1) is 5.92 Å². The molecule has 24 heavy (non-hydrogen) atoms. The maximum atomic E-state index is 4.49. The molecule has 5 heteroatoms. The van der Waals surface area contributed by atoms with E-state index in [2.05, 4.69) is 70.5 Å². The Bertz CT molecular complexity index is 645. The highest BCUT2D eigenvalue weighted by Crippen LogP contribution is 2.25. The molecule has 3 rings (SSSR count). The topological polar surface area (TPSA) is 53.1 Å². The zero-order valence-electron chi connectivity index (χ0n) is 14.8. The van der Waals surface area contributed by atoms with Crippen LogP contribution in [-0.4, -0.2) is 29.1 Å². The molecule has 0 saturated carbocycles. The molecule has 0 aliphatic carbocycles. The van der Waals surface area contributed by atoms with Gasteiger partial charge >= 0.3 is 0 Å². The average molecular weight is 325 g/mol. The molecule has 0 amide bonds. The number of nitrogens with zero attached hydrogens (tertiary/aromatic N) is 3. The lowest BCUT2D eigenvalue weighted by atomic mass is 9.99. The normalized spacial score (nSPS) is 15.6. The molecule has 0 bridgehead atoms. The number of anilines is 4. The van der Waals surface area contributed by atoms with Crippen LogP contribution in [0.1, 0.15) is 33.6 Å². The third kappa shape index (κ3) is 4.37. The Morgan fingerprint density at radius 3 is 2.46 bits per heavy atom. The lowest BCUT2D eigenvalue weighted by Gasteiger charge is -2.32. The van der Waals surface area contributed by atoms with Gasteiger partial charge in [-0.2, -0.15) is 4.98 Å². The van der Waals surface area contributed by atoms with Gasteiger partial charge in [-0.05, 0) is 62.9 Å². The highest BCUT2D eigenvalue weighted by molar-refractivity contribution is 5.60. The van der Waals surface area contributed by atoms with Crippen LogP contribution in [0.4, 0.5) is 23.1 Å². The summed E-state index contributed by atoms with van der Waals surface area (Å²) in [5.41, 5.74) is 2.30. The van der Waals surface area contributed by atoms with E-state index in [9.17, 15) is 0 Å². The molecule has 1 fully saturated rings. The van der Waals surface area contributed by atoms with Crippen molar-refractivity contribution in [3.63, 3.8) is 0 Å².